The Balaban J connectivity index is 1.81. The molecule has 2 aliphatic heterocycles. The molecule has 0 aromatic rings. The Morgan fingerprint density at radius 3 is 2.14 bits per heavy atom. The smallest absolute Gasteiger partial charge is 0.239 e. The summed E-state index contributed by atoms with van der Waals surface area (Å²) in [5, 5.41) is 0. The highest BCUT2D eigenvalue weighted by atomic mass is 32.1. The van der Waals surface area contributed by atoms with Gasteiger partial charge in [0, 0.05) is 45.8 Å². The molecule has 5 nitrogen and oxygen atoms in total. The number of thiocarbonyl (C=S) groups is 1. The van der Waals surface area contributed by atoms with E-state index in [0.29, 0.717) is 17.4 Å². The lowest BCUT2D eigenvalue weighted by molar-refractivity contribution is -0.137. The van der Waals surface area contributed by atoms with E-state index in [1.165, 1.54) is 12.8 Å². The van der Waals surface area contributed by atoms with E-state index in [9.17, 15) is 4.79 Å². The van der Waals surface area contributed by atoms with Crippen molar-refractivity contribution in [3.8, 4) is 0 Å². The molecule has 2 saturated heterocycles. The number of nitrogens with zero attached hydrogens (tertiary/aromatic N) is 3. The molecule has 2 aliphatic rings. The largest absolute Gasteiger partial charge is 0.392 e. The van der Waals surface area contributed by atoms with Crippen molar-refractivity contribution < 1.29 is 4.79 Å². The van der Waals surface area contributed by atoms with Crippen molar-refractivity contribution in [1.82, 2.24) is 14.7 Å². The average Bonchev–Trinajstić information content (AvgIpc) is 2.75. The fourth-order valence-corrected chi connectivity index (χ4v) is 3.42. The lowest BCUT2D eigenvalue weighted by atomic mass is 10.2. The molecule has 1 unspecified atom stereocenters. The Morgan fingerprint density at radius 1 is 1.05 bits per heavy atom. The topological polar surface area (TPSA) is 52.8 Å². The number of carbonyl (C=O) groups is 1. The summed E-state index contributed by atoms with van der Waals surface area (Å²) in [6.45, 7) is 8.33. The van der Waals surface area contributed by atoms with Gasteiger partial charge in [-0.25, -0.2) is 0 Å². The molecule has 0 aromatic heterocycles. The second-order valence-corrected chi connectivity index (χ2v) is 6.72. The quantitative estimate of drug-likeness (QED) is 0.774. The molecule has 0 aromatic carbocycles. The first-order chi connectivity index (χ1) is 10.1. The number of nitrogens with two attached hydrogens (primary N) is 1. The number of amides is 1. The lowest BCUT2D eigenvalue weighted by Gasteiger charge is -2.38. The minimum absolute atomic E-state index is 0.00456. The number of likely N-dealkylation sites (tertiary alicyclic amines) is 1. The van der Waals surface area contributed by atoms with Crippen molar-refractivity contribution in [3.05, 3.63) is 0 Å². The molecule has 2 rings (SSSR count). The van der Waals surface area contributed by atoms with E-state index >= 15 is 0 Å². The molecule has 0 radical (unpaired) electrons. The molecule has 120 valence electrons. The molecule has 0 spiro atoms. The van der Waals surface area contributed by atoms with Crippen molar-refractivity contribution in [2.45, 2.75) is 38.6 Å². The van der Waals surface area contributed by atoms with Crippen LogP contribution in [0.4, 0.5) is 0 Å². The second-order valence-electron chi connectivity index (χ2n) is 6.19. The van der Waals surface area contributed by atoms with Crippen molar-refractivity contribution >= 4 is 23.1 Å². The van der Waals surface area contributed by atoms with Crippen LogP contribution >= 0.6 is 12.2 Å². The van der Waals surface area contributed by atoms with Crippen molar-refractivity contribution in [2.75, 3.05) is 45.8 Å². The van der Waals surface area contributed by atoms with Crippen LogP contribution in [0.2, 0.25) is 0 Å². The average molecular weight is 312 g/mol. The lowest BCUT2D eigenvalue weighted by Crippen LogP contribution is -2.55. The van der Waals surface area contributed by atoms with E-state index in [4.69, 9.17) is 18.0 Å². The van der Waals surface area contributed by atoms with Gasteiger partial charge in [0.1, 0.15) is 0 Å². The number of hydrogen-bond donors (Lipinski definition) is 1. The number of rotatable bonds is 4. The first-order valence-corrected chi connectivity index (χ1v) is 8.52. The minimum atomic E-state index is -0.00456. The molecule has 1 atom stereocenters. The molecule has 2 heterocycles. The van der Waals surface area contributed by atoms with Crippen LogP contribution in [0.25, 0.3) is 0 Å². The maximum absolute atomic E-state index is 12.6. The summed E-state index contributed by atoms with van der Waals surface area (Å²) in [5.41, 5.74) is 5.59. The standard InChI is InChI=1S/C15H28N4OS/c1-13(15(20)19-6-4-2-3-5-7-19)18-10-8-17(9-11-18)12-14(16)21/h13H,2-12H2,1H3,(H2,16,21). The van der Waals surface area contributed by atoms with Crippen LogP contribution in [-0.4, -0.2) is 77.5 Å². The Labute approximate surface area is 133 Å². The second kappa shape index (κ2) is 8.06. The number of piperazine rings is 1. The summed E-state index contributed by atoms with van der Waals surface area (Å²) >= 11 is 4.96. The Hall–Kier alpha value is -0.720. The van der Waals surface area contributed by atoms with Gasteiger partial charge in [0.25, 0.3) is 0 Å². The van der Waals surface area contributed by atoms with Gasteiger partial charge in [-0.15, -0.1) is 0 Å². The summed E-state index contributed by atoms with van der Waals surface area (Å²) in [4.78, 5) is 19.8. The number of hydrogen-bond acceptors (Lipinski definition) is 4. The summed E-state index contributed by atoms with van der Waals surface area (Å²) in [7, 11) is 0. The van der Waals surface area contributed by atoms with E-state index in [2.05, 4.69) is 21.6 Å². The molecule has 2 N–H and O–H groups in total. The van der Waals surface area contributed by atoms with Gasteiger partial charge in [-0.05, 0) is 19.8 Å². The predicted molar refractivity (Wildman–Crippen MR) is 89.3 cm³/mol. The van der Waals surface area contributed by atoms with Gasteiger partial charge in [-0.2, -0.15) is 0 Å². The van der Waals surface area contributed by atoms with Crippen LogP contribution < -0.4 is 5.73 Å². The zero-order valence-electron chi connectivity index (χ0n) is 13.1. The third kappa shape index (κ3) is 4.90. The van der Waals surface area contributed by atoms with Crippen LogP contribution in [0.1, 0.15) is 32.6 Å². The van der Waals surface area contributed by atoms with Crippen molar-refractivity contribution in [2.24, 2.45) is 5.73 Å². The predicted octanol–water partition coefficient (Wildman–Crippen LogP) is 0.681. The maximum atomic E-state index is 12.6. The Bertz CT molecular complexity index is 361. The van der Waals surface area contributed by atoms with Gasteiger partial charge in [0.15, 0.2) is 0 Å². The zero-order chi connectivity index (χ0) is 15.2. The molecule has 6 heteroatoms. The fourth-order valence-electron chi connectivity index (χ4n) is 3.24. The Kier molecular flexibility index (Phi) is 6.39. The van der Waals surface area contributed by atoms with Gasteiger partial charge in [0.05, 0.1) is 11.0 Å². The minimum Gasteiger partial charge on any atom is -0.392 e. The first-order valence-electron chi connectivity index (χ1n) is 8.11. The number of carbonyl (C=O) groups excluding carboxylic acids is 1. The summed E-state index contributed by atoms with van der Waals surface area (Å²) in [6.07, 6.45) is 4.83. The van der Waals surface area contributed by atoms with Gasteiger partial charge < -0.3 is 10.6 Å². The first kappa shape index (κ1) is 16.6. The third-order valence-corrected chi connectivity index (χ3v) is 4.74. The van der Waals surface area contributed by atoms with Crippen LogP contribution in [-0.2, 0) is 4.79 Å². The van der Waals surface area contributed by atoms with Crippen LogP contribution in [0, 0.1) is 0 Å². The molecule has 0 saturated carbocycles. The summed E-state index contributed by atoms with van der Waals surface area (Å²) < 4.78 is 0. The van der Waals surface area contributed by atoms with Crippen LogP contribution in [0.15, 0.2) is 0 Å². The maximum Gasteiger partial charge on any atom is 0.239 e. The van der Waals surface area contributed by atoms with Gasteiger partial charge >= 0.3 is 0 Å². The molecular formula is C15H28N4OS. The highest BCUT2D eigenvalue weighted by molar-refractivity contribution is 7.80. The van der Waals surface area contributed by atoms with Crippen molar-refractivity contribution in [1.29, 1.82) is 0 Å². The summed E-state index contributed by atoms with van der Waals surface area (Å²) in [5.74, 6) is 0.305. The van der Waals surface area contributed by atoms with E-state index < -0.39 is 0 Å². The third-order valence-electron chi connectivity index (χ3n) is 4.61. The molecule has 1 amide bonds. The molecule has 0 aliphatic carbocycles. The molecule has 21 heavy (non-hydrogen) atoms. The van der Waals surface area contributed by atoms with Gasteiger partial charge in [0.2, 0.25) is 5.91 Å². The van der Waals surface area contributed by atoms with E-state index in [-0.39, 0.29) is 6.04 Å². The normalized spacial score (nSPS) is 23.6. The monoisotopic (exact) mass is 312 g/mol. The highest BCUT2D eigenvalue weighted by Crippen LogP contribution is 2.14. The fraction of sp³-hybridized carbons (Fsp3) is 0.867. The Morgan fingerprint density at radius 2 is 1.62 bits per heavy atom. The molecule has 0 bridgehead atoms. The van der Waals surface area contributed by atoms with E-state index in [0.717, 1.165) is 52.1 Å². The molecular weight excluding hydrogens is 284 g/mol. The van der Waals surface area contributed by atoms with Crippen LogP contribution in [0.5, 0.6) is 0 Å². The SMILES string of the molecule is CC(C(=O)N1CCCCCC1)N1CCN(CC(N)=S)CC1. The highest BCUT2D eigenvalue weighted by Gasteiger charge is 2.28. The van der Waals surface area contributed by atoms with E-state index in [1.807, 2.05) is 0 Å². The zero-order valence-corrected chi connectivity index (χ0v) is 13.9. The van der Waals surface area contributed by atoms with Crippen molar-refractivity contribution in [3.63, 3.8) is 0 Å². The van der Waals surface area contributed by atoms with Gasteiger partial charge in [-0.3, -0.25) is 14.6 Å². The van der Waals surface area contributed by atoms with Gasteiger partial charge in [-0.1, -0.05) is 25.1 Å². The summed E-state index contributed by atoms with van der Waals surface area (Å²) in [6, 6.07) is -0.00456. The van der Waals surface area contributed by atoms with Crippen LogP contribution in [0.3, 0.4) is 0 Å². The molecule has 2 fully saturated rings. The van der Waals surface area contributed by atoms with E-state index in [1.54, 1.807) is 0 Å².